The van der Waals surface area contributed by atoms with Gasteiger partial charge in [-0.2, -0.15) is 0 Å². The van der Waals surface area contributed by atoms with Gasteiger partial charge in [-0.15, -0.1) is 0 Å². The molecule has 0 radical (unpaired) electrons. The van der Waals surface area contributed by atoms with Gasteiger partial charge in [0.05, 0.1) is 0 Å². The maximum Gasteiger partial charge on any atom is 0.288 e. The Balaban J connectivity index is 1.64. The molecular formula is C44H80N6O6S7. The summed E-state index contributed by atoms with van der Waals surface area (Å²) in [6.45, 7) is 12.4. The highest BCUT2D eigenvalue weighted by atomic mass is 32.2. The van der Waals surface area contributed by atoms with Crippen molar-refractivity contribution in [3.8, 4) is 0 Å². The number of carbonyl (C=O) groups excluding carboxylic acids is 6. The van der Waals surface area contributed by atoms with E-state index >= 15 is 0 Å². The third-order valence-electron chi connectivity index (χ3n) is 11.8. The van der Waals surface area contributed by atoms with E-state index in [0.717, 1.165) is 137 Å². The first-order valence-electron chi connectivity index (χ1n) is 23.4. The van der Waals surface area contributed by atoms with E-state index in [0.29, 0.717) is 61.7 Å². The molecule has 6 atom stereocenters. The van der Waals surface area contributed by atoms with Crippen LogP contribution in [-0.2, 0) is 0 Å². The first kappa shape index (κ1) is 58.4. The van der Waals surface area contributed by atoms with Gasteiger partial charge in [0.2, 0.25) is 0 Å². The number of hydrogen-bond donors (Lipinski definition) is 7. The number of nitrogens with one attached hydrogen (secondary N) is 6. The fourth-order valence-electron chi connectivity index (χ4n) is 8.54. The van der Waals surface area contributed by atoms with Crippen LogP contribution in [0.1, 0.15) is 137 Å². The van der Waals surface area contributed by atoms with E-state index in [-0.39, 0.29) is 37.0 Å². The number of hydrogen-bond acceptors (Lipinski definition) is 13. The third-order valence-corrected chi connectivity index (χ3v) is 17.1. The number of amides is 6. The van der Waals surface area contributed by atoms with Crippen LogP contribution in [0, 0.1) is 35.5 Å². The lowest BCUT2D eigenvalue weighted by Gasteiger charge is -2.36. The van der Waals surface area contributed by atoms with Gasteiger partial charge in [0.25, 0.3) is 31.4 Å². The summed E-state index contributed by atoms with van der Waals surface area (Å²) in [7, 11) is 0. The van der Waals surface area contributed by atoms with E-state index in [1.807, 2.05) is 34.6 Å². The molecule has 364 valence electrons. The third kappa shape index (κ3) is 29.6. The van der Waals surface area contributed by atoms with Crippen molar-refractivity contribution in [2.24, 2.45) is 35.5 Å². The molecule has 0 bridgehead atoms. The van der Waals surface area contributed by atoms with Gasteiger partial charge < -0.3 is 26.6 Å². The molecule has 0 aromatic rings. The van der Waals surface area contributed by atoms with Crippen molar-refractivity contribution in [3.63, 3.8) is 0 Å². The zero-order valence-electron chi connectivity index (χ0n) is 38.7. The van der Waals surface area contributed by atoms with Crippen molar-refractivity contribution in [2.45, 2.75) is 143 Å². The van der Waals surface area contributed by atoms with Crippen LogP contribution in [-0.4, -0.2) is 97.7 Å². The van der Waals surface area contributed by atoms with Gasteiger partial charge in [-0.05, 0) is 147 Å². The van der Waals surface area contributed by atoms with Crippen LogP contribution in [0.2, 0.25) is 0 Å². The van der Waals surface area contributed by atoms with E-state index in [1.165, 1.54) is 70.6 Å². The van der Waals surface area contributed by atoms with E-state index in [4.69, 9.17) is 0 Å². The summed E-state index contributed by atoms with van der Waals surface area (Å²) in [5.41, 5.74) is -0.242. The SMILES string of the molecule is CCNC(=O)SCCC1CCC(CCSC(=O)NC(C)(C)C)C(CCSC(=O)NCCCCCCNC(=O)SCCC2CC(CCSC(=O)NS)CCC2CCSC(=O)NCC)C1. The number of carbonyl (C=O) groups is 6. The average Bonchev–Trinajstić information content (AvgIpc) is 3.22. The van der Waals surface area contributed by atoms with Crippen LogP contribution in [0.3, 0.4) is 0 Å². The minimum Gasteiger partial charge on any atom is -0.347 e. The molecule has 2 rings (SSSR count). The monoisotopic (exact) mass is 1010 g/mol. The molecule has 2 aliphatic carbocycles. The Hall–Kier alpha value is -0.730. The van der Waals surface area contributed by atoms with Gasteiger partial charge in [-0.25, -0.2) is 0 Å². The van der Waals surface area contributed by atoms with Gasteiger partial charge in [0.15, 0.2) is 0 Å². The number of thiol groups is 1. The molecule has 19 heteroatoms. The zero-order chi connectivity index (χ0) is 46.3. The largest absolute Gasteiger partial charge is 0.347 e. The first-order valence-corrected chi connectivity index (χ1v) is 29.7. The van der Waals surface area contributed by atoms with Crippen molar-refractivity contribution in [2.75, 3.05) is 60.7 Å². The summed E-state index contributed by atoms with van der Waals surface area (Å²) in [4.78, 5) is 73.4. The Bertz CT molecular complexity index is 1350. The summed E-state index contributed by atoms with van der Waals surface area (Å²) in [5.74, 6) is 8.04. The predicted molar refractivity (Wildman–Crippen MR) is 280 cm³/mol. The number of rotatable bonds is 27. The summed E-state index contributed by atoms with van der Waals surface area (Å²) < 4.78 is 2.38. The van der Waals surface area contributed by atoms with Gasteiger partial charge in [0, 0.05) is 66.2 Å². The molecular weight excluding hydrogens is 933 g/mol. The first-order chi connectivity index (χ1) is 30.2. The van der Waals surface area contributed by atoms with Gasteiger partial charge >= 0.3 is 0 Å². The molecule has 6 amide bonds. The lowest BCUT2D eigenvalue weighted by molar-refractivity contribution is 0.169. The Labute approximate surface area is 411 Å². The van der Waals surface area contributed by atoms with E-state index in [9.17, 15) is 28.8 Å². The van der Waals surface area contributed by atoms with Gasteiger partial charge in [-0.3, -0.25) is 33.5 Å². The standard InChI is InChI=1S/C44H80N6O6S7/c1-6-45-38(51)58-24-16-32-12-15-35(19-27-62-42(55)49-44(3,4)5)37(30-32)21-29-61-41(54)48-23-11-9-8-10-22-47-40(53)60-28-20-36-31-33(17-25-63-43(56)50-57)13-14-34(36)18-26-59-39(52)46-7-2/h32-37,57H,6-31H2,1-5H3,(H,45,51)(H,46,52)(H,47,53)(H,48,54)(H,49,55)(H,50,56). The molecule has 0 aromatic heterocycles. The molecule has 0 aromatic carbocycles. The van der Waals surface area contributed by atoms with Gasteiger partial charge in [-0.1, -0.05) is 109 Å². The Kier molecular flexibility index (Phi) is 32.8. The van der Waals surface area contributed by atoms with Gasteiger partial charge in [0.1, 0.15) is 0 Å². The minimum atomic E-state index is -0.242. The highest BCUT2D eigenvalue weighted by molar-refractivity contribution is 8.15. The minimum absolute atomic E-state index is 0.0251. The highest BCUT2D eigenvalue weighted by Gasteiger charge is 2.32. The summed E-state index contributed by atoms with van der Waals surface area (Å²) in [6.07, 6.45) is 16.5. The summed E-state index contributed by atoms with van der Waals surface area (Å²) >= 11 is 12.0. The van der Waals surface area contributed by atoms with Crippen LogP contribution in [0.25, 0.3) is 0 Å². The zero-order valence-corrected chi connectivity index (χ0v) is 44.5. The Morgan fingerprint density at radius 1 is 0.460 bits per heavy atom. The molecule has 2 fully saturated rings. The molecule has 0 spiro atoms. The van der Waals surface area contributed by atoms with Crippen LogP contribution in [0.5, 0.6) is 0 Å². The van der Waals surface area contributed by atoms with Crippen molar-refractivity contribution in [1.29, 1.82) is 0 Å². The average molecular weight is 1010 g/mol. The molecule has 0 saturated heterocycles. The van der Waals surface area contributed by atoms with Crippen molar-refractivity contribution in [3.05, 3.63) is 0 Å². The lowest BCUT2D eigenvalue weighted by atomic mass is 9.71. The maximum absolute atomic E-state index is 12.7. The topological polar surface area (TPSA) is 175 Å². The maximum atomic E-state index is 12.7. The van der Waals surface area contributed by atoms with Crippen LogP contribution >= 0.6 is 83.4 Å². The molecule has 0 heterocycles. The molecule has 12 nitrogen and oxygen atoms in total. The highest BCUT2D eigenvalue weighted by Crippen LogP contribution is 2.42. The smallest absolute Gasteiger partial charge is 0.288 e. The summed E-state index contributed by atoms with van der Waals surface area (Å²) in [5, 5.41) is 15.0. The summed E-state index contributed by atoms with van der Waals surface area (Å²) in [6, 6.07) is 0. The normalized spacial score (nSPS) is 21.2. The van der Waals surface area contributed by atoms with Crippen molar-refractivity contribution in [1.82, 2.24) is 31.3 Å². The fraction of sp³-hybridized carbons (Fsp3) is 0.864. The Morgan fingerprint density at radius 3 is 1.19 bits per heavy atom. The molecule has 2 saturated carbocycles. The molecule has 0 aliphatic heterocycles. The second-order valence-corrected chi connectivity index (χ2v) is 24.4. The van der Waals surface area contributed by atoms with E-state index in [1.54, 1.807) is 0 Å². The Morgan fingerprint density at radius 2 is 0.810 bits per heavy atom. The predicted octanol–water partition coefficient (Wildman–Crippen LogP) is 12.3. The fourth-order valence-corrected chi connectivity index (χ4v) is 13.8. The van der Waals surface area contributed by atoms with E-state index < -0.39 is 0 Å². The van der Waals surface area contributed by atoms with Crippen molar-refractivity contribution < 1.29 is 28.8 Å². The van der Waals surface area contributed by atoms with Crippen LogP contribution in [0.15, 0.2) is 0 Å². The number of unbranched alkanes of at least 4 members (excludes halogenated alkanes) is 3. The molecule has 6 N–H and O–H groups in total. The second-order valence-electron chi connectivity index (χ2n) is 17.8. The van der Waals surface area contributed by atoms with Crippen LogP contribution < -0.4 is 31.3 Å². The van der Waals surface area contributed by atoms with Crippen LogP contribution in [0.4, 0.5) is 28.8 Å². The molecule has 2 aliphatic rings. The molecule has 63 heavy (non-hydrogen) atoms. The quantitative estimate of drug-likeness (QED) is 0.0307. The number of thioether (sulfide) groups is 6. The second kappa shape index (κ2) is 35.4. The lowest BCUT2D eigenvalue weighted by Crippen LogP contribution is -2.38. The van der Waals surface area contributed by atoms with Crippen molar-refractivity contribution >= 4 is 115 Å². The molecule has 6 unspecified atom stereocenters. The van der Waals surface area contributed by atoms with E-state index in [2.05, 4.69) is 44.1 Å².